The maximum atomic E-state index is 11.6. The molecule has 3 N–H and O–H groups in total. The van der Waals surface area contributed by atoms with E-state index >= 15 is 0 Å². The zero-order chi connectivity index (χ0) is 19.1. The number of hydrogen-bond acceptors (Lipinski definition) is 8. The van der Waals surface area contributed by atoms with Gasteiger partial charge in [-0.05, 0) is 23.8 Å². The van der Waals surface area contributed by atoms with Gasteiger partial charge in [-0.1, -0.05) is 11.8 Å². The summed E-state index contributed by atoms with van der Waals surface area (Å²) in [6.07, 6.45) is 1.07. The van der Waals surface area contributed by atoms with Crippen molar-refractivity contribution in [3.63, 3.8) is 0 Å². The molecule has 1 aliphatic rings. The molecule has 1 atom stereocenters. The summed E-state index contributed by atoms with van der Waals surface area (Å²) >= 11 is 0.988. The molecule has 1 unspecified atom stereocenters. The molecule has 0 radical (unpaired) electrons. The minimum Gasteiger partial charge on any atom is -0.493 e. The van der Waals surface area contributed by atoms with E-state index in [9.17, 15) is 14.4 Å². The Morgan fingerprint density at radius 3 is 2.73 bits per heavy atom. The molecule has 2 rings (SSSR count). The van der Waals surface area contributed by atoms with Gasteiger partial charge in [0, 0.05) is 0 Å². The van der Waals surface area contributed by atoms with E-state index in [1.54, 1.807) is 12.1 Å². The number of carboxylic acids is 2. The number of ether oxygens (including phenoxy) is 2. The summed E-state index contributed by atoms with van der Waals surface area (Å²) in [5.74, 6) is -2.03. The molecule has 26 heavy (non-hydrogen) atoms. The fourth-order valence-electron chi connectivity index (χ4n) is 1.92. The normalized spacial score (nSPS) is 18.1. The third kappa shape index (κ3) is 5.48. The topological polar surface area (TPSA) is 147 Å². The van der Waals surface area contributed by atoms with Gasteiger partial charge in [-0.3, -0.25) is 9.59 Å². The minimum atomic E-state index is -1.12. The first-order valence-electron chi connectivity index (χ1n) is 7.22. The Balaban J connectivity index is 2.06. The molecular weight excluding hydrogens is 366 g/mol. The Kier molecular flexibility index (Phi) is 6.55. The number of carboxylic acid groups (broad SMARTS) is 2. The molecule has 0 spiro atoms. The third-order valence-corrected chi connectivity index (χ3v) is 4.10. The van der Waals surface area contributed by atoms with Crippen molar-refractivity contribution in [2.75, 3.05) is 13.7 Å². The molecule has 138 valence electrons. The number of amidine groups is 1. The summed E-state index contributed by atoms with van der Waals surface area (Å²) in [5, 5.41) is 27.0. The number of thioether (sulfide) groups is 1. The summed E-state index contributed by atoms with van der Waals surface area (Å²) in [6.45, 7) is -0.521. The van der Waals surface area contributed by atoms with Crippen LogP contribution in [0.4, 0.5) is 0 Å². The summed E-state index contributed by atoms with van der Waals surface area (Å²) in [4.78, 5) is 32.9. The van der Waals surface area contributed by atoms with Crippen molar-refractivity contribution in [1.29, 1.82) is 0 Å². The van der Waals surface area contributed by atoms with Crippen molar-refractivity contribution in [1.82, 2.24) is 5.32 Å². The molecule has 0 bridgehead atoms. The Morgan fingerprint density at radius 1 is 1.31 bits per heavy atom. The zero-order valence-electron chi connectivity index (χ0n) is 13.5. The second-order valence-corrected chi connectivity index (χ2v) is 6.13. The van der Waals surface area contributed by atoms with Crippen LogP contribution in [0.2, 0.25) is 0 Å². The van der Waals surface area contributed by atoms with Crippen molar-refractivity contribution in [2.45, 2.75) is 11.7 Å². The van der Waals surface area contributed by atoms with Gasteiger partial charge in [-0.25, -0.2) is 4.79 Å². The van der Waals surface area contributed by atoms with E-state index in [-0.39, 0.29) is 17.3 Å². The quantitative estimate of drug-likeness (QED) is 0.437. The van der Waals surface area contributed by atoms with Crippen LogP contribution in [0.15, 0.2) is 28.4 Å². The van der Waals surface area contributed by atoms with Gasteiger partial charge in [0.2, 0.25) is 5.91 Å². The van der Waals surface area contributed by atoms with E-state index in [1.165, 1.54) is 19.4 Å². The number of amides is 1. The second-order valence-electron chi connectivity index (χ2n) is 4.94. The van der Waals surface area contributed by atoms with Crippen LogP contribution < -0.4 is 14.8 Å². The van der Waals surface area contributed by atoms with Gasteiger partial charge in [0.1, 0.15) is 5.25 Å². The van der Waals surface area contributed by atoms with Gasteiger partial charge in [0.25, 0.3) is 0 Å². The Bertz CT molecular complexity index is 779. The average molecular weight is 381 g/mol. The molecule has 1 heterocycles. The molecule has 0 aromatic heterocycles. The third-order valence-electron chi connectivity index (χ3n) is 3.03. The van der Waals surface area contributed by atoms with Gasteiger partial charge in [0.15, 0.2) is 23.3 Å². The predicted molar refractivity (Wildman–Crippen MR) is 92.9 cm³/mol. The number of methoxy groups -OCH3 is 1. The lowest BCUT2D eigenvalue weighted by Crippen LogP contribution is -2.26. The number of carbonyl (C=O) groups is 3. The predicted octanol–water partition coefficient (Wildman–Crippen LogP) is 0.555. The highest BCUT2D eigenvalue weighted by Gasteiger charge is 2.32. The molecule has 0 aliphatic carbocycles. The monoisotopic (exact) mass is 381 g/mol. The minimum absolute atomic E-state index is 0.202. The Labute approximate surface area is 151 Å². The van der Waals surface area contributed by atoms with E-state index < -0.39 is 29.7 Å². The number of carbonyl (C=O) groups excluding carboxylic acids is 1. The van der Waals surface area contributed by atoms with Crippen molar-refractivity contribution >= 4 is 41.0 Å². The molecule has 10 nitrogen and oxygen atoms in total. The van der Waals surface area contributed by atoms with Gasteiger partial charge in [-0.15, -0.1) is 5.10 Å². The average Bonchev–Trinajstić information content (AvgIpc) is 2.92. The van der Waals surface area contributed by atoms with E-state index in [4.69, 9.17) is 19.7 Å². The van der Waals surface area contributed by atoms with Gasteiger partial charge in [-0.2, -0.15) is 5.10 Å². The van der Waals surface area contributed by atoms with Gasteiger partial charge < -0.3 is 25.0 Å². The fraction of sp³-hybridized carbons (Fsp3) is 0.267. The highest BCUT2D eigenvalue weighted by atomic mass is 32.2. The molecule has 1 aromatic rings. The van der Waals surface area contributed by atoms with Crippen LogP contribution in [0.5, 0.6) is 11.5 Å². The van der Waals surface area contributed by atoms with Gasteiger partial charge >= 0.3 is 11.9 Å². The lowest BCUT2D eigenvalue weighted by atomic mass is 10.2. The highest BCUT2D eigenvalue weighted by Crippen LogP contribution is 2.27. The van der Waals surface area contributed by atoms with Crippen molar-refractivity contribution in [2.24, 2.45) is 10.2 Å². The largest absolute Gasteiger partial charge is 0.493 e. The maximum absolute atomic E-state index is 11.6. The van der Waals surface area contributed by atoms with Gasteiger partial charge in [0.05, 0.1) is 19.7 Å². The summed E-state index contributed by atoms with van der Waals surface area (Å²) < 4.78 is 10.2. The Hall–Kier alpha value is -3.08. The van der Waals surface area contributed by atoms with E-state index in [0.29, 0.717) is 11.3 Å². The maximum Gasteiger partial charge on any atom is 0.341 e. The van der Waals surface area contributed by atoms with E-state index in [1.807, 2.05) is 0 Å². The smallest absolute Gasteiger partial charge is 0.341 e. The van der Waals surface area contributed by atoms with Crippen LogP contribution in [-0.4, -0.2) is 58.4 Å². The fourth-order valence-corrected chi connectivity index (χ4v) is 2.83. The first-order chi connectivity index (χ1) is 12.4. The lowest BCUT2D eigenvalue weighted by molar-refractivity contribution is -0.139. The van der Waals surface area contributed by atoms with E-state index in [0.717, 1.165) is 11.8 Å². The first kappa shape index (κ1) is 19.2. The molecule has 1 aliphatic heterocycles. The number of rotatable bonds is 8. The number of hydrogen-bond donors (Lipinski definition) is 3. The number of aliphatic carboxylic acids is 2. The molecular formula is C15H15N3O7S. The van der Waals surface area contributed by atoms with Crippen molar-refractivity contribution in [3.05, 3.63) is 23.8 Å². The van der Waals surface area contributed by atoms with Crippen molar-refractivity contribution in [3.8, 4) is 11.5 Å². The first-order valence-corrected chi connectivity index (χ1v) is 8.10. The van der Waals surface area contributed by atoms with Crippen LogP contribution in [-0.2, 0) is 14.4 Å². The SMILES string of the molecule is COc1ccc(C=NN=C2NC(=O)C(CC(=O)O)S2)cc1OCC(=O)O. The molecule has 1 fully saturated rings. The highest BCUT2D eigenvalue weighted by molar-refractivity contribution is 8.15. The summed E-state index contributed by atoms with van der Waals surface area (Å²) in [6, 6.07) is 4.77. The lowest BCUT2D eigenvalue weighted by Gasteiger charge is -2.09. The van der Waals surface area contributed by atoms with E-state index in [2.05, 4.69) is 15.5 Å². The molecule has 1 aromatic carbocycles. The number of nitrogens with one attached hydrogen (secondary N) is 1. The van der Waals surface area contributed by atoms with Crippen LogP contribution >= 0.6 is 11.8 Å². The molecule has 11 heteroatoms. The number of benzene rings is 1. The second kappa shape index (κ2) is 8.85. The standard InChI is InChI=1S/C15H15N3O7S/c1-24-9-3-2-8(4-10(9)25-7-13(21)22)6-16-18-15-17-14(23)11(26-15)5-12(19)20/h2-4,6,11H,5,7H2,1H3,(H,19,20)(H,21,22)(H,17,18,23). The van der Waals surface area contributed by atoms with Crippen LogP contribution in [0, 0.1) is 0 Å². The van der Waals surface area contributed by atoms with Crippen molar-refractivity contribution < 1.29 is 34.1 Å². The number of nitrogens with zero attached hydrogens (tertiary/aromatic N) is 2. The van der Waals surface area contributed by atoms with Crippen LogP contribution in [0.3, 0.4) is 0 Å². The van der Waals surface area contributed by atoms with Crippen LogP contribution in [0.1, 0.15) is 12.0 Å². The molecule has 0 saturated carbocycles. The molecule has 1 amide bonds. The zero-order valence-corrected chi connectivity index (χ0v) is 14.4. The van der Waals surface area contributed by atoms with Crippen LogP contribution in [0.25, 0.3) is 0 Å². The molecule has 1 saturated heterocycles. The summed E-state index contributed by atoms with van der Waals surface area (Å²) in [5.41, 5.74) is 0.562. The summed E-state index contributed by atoms with van der Waals surface area (Å²) in [7, 11) is 1.43. The Morgan fingerprint density at radius 2 is 2.08 bits per heavy atom.